The zero-order valence-electron chi connectivity index (χ0n) is 12.4. The Labute approximate surface area is 127 Å². The fourth-order valence-corrected chi connectivity index (χ4v) is 2.04. The first-order valence-electron chi connectivity index (χ1n) is 6.86. The lowest BCUT2D eigenvalue weighted by Gasteiger charge is -2.06. The van der Waals surface area contributed by atoms with Crippen molar-refractivity contribution in [3.8, 4) is 0 Å². The normalized spacial score (nSPS) is 11.3. The van der Waals surface area contributed by atoms with E-state index >= 15 is 0 Å². The summed E-state index contributed by atoms with van der Waals surface area (Å²) >= 11 is 0. The molecule has 0 saturated heterocycles. The predicted molar refractivity (Wildman–Crippen MR) is 80.7 cm³/mol. The van der Waals surface area contributed by atoms with Crippen LogP contribution >= 0.6 is 0 Å². The number of aromatic nitrogens is 3. The monoisotopic (exact) mass is 301 g/mol. The maximum Gasteiger partial charge on any atom is 0.256 e. The molecule has 0 aliphatic rings. The molecule has 0 fully saturated rings. The first-order valence-corrected chi connectivity index (χ1v) is 6.86. The van der Waals surface area contributed by atoms with Crippen LogP contribution in [0.2, 0.25) is 0 Å². The summed E-state index contributed by atoms with van der Waals surface area (Å²) in [5, 5.41) is 2.90. The number of hydrogen-bond donors (Lipinski definition) is 1. The first-order chi connectivity index (χ1) is 10.6. The van der Waals surface area contributed by atoms with Crippen LogP contribution in [0.4, 0.5) is 10.2 Å². The highest BCUT2D eigenvalue weighted by Crippen LogP contribution is 2.16. The lowest BCUT2D eigenvalue weighted by atomic mass is 10.3. The fraction of sp³-hybridized carbons (Fsp3) is 0.267. The van der Waals surface area contributed by atoms with Crippen molar-refractivity contribution >= 4 is 16.9 Å². The van der Waals surface area contributed by atoms with E-state index in [9.17, 15) is 4.39 Å². The maximum absolute atomic E-state index is 13.9. The van der Waals surface area contributed by atoms with Gasteiger partial charge in [-0.3, -0.25) is 0 Å². The fourth-order valence-electron chi connectivity index (χ4n) is 2.04. The van der Waals surface area contributed by atoms with Crippen LogP contribution in [0.5, 0.6) is 0 Å². The zero-order chi connectivity index (χ0) is 15.5. The van der Waals surface area contributed by atoms with E-state index in [4.69, 9.17) is 4.42 Å². The van der Waals surface area contributed by atoms with E-state index in [0.717, 1.165) is 0 Å². The summed E-state index contributed by atoms with van der Waals surface area (Å²) in [5.74, 6) is 0.0958. The zero-order valence-corrected chi connectivity index (χ0v) is 12.4. The molecule has 22 heavy (non-hydrogen) atoms. The van der Waals surface area contributed by atoms with Crippen LogP contribution in [-0.4, -0.2) is 33.9 Å². The van der Waals surface area contributed by atoms with Gasteiger partial charge in [-0.2, -0.15) is 4.39 Å². The molecule has 114 valence electrons. The van der Waals surface area contributed by atoms with Crippen LogP contribution in [0.25, 0.3) is 11.0 Å². The smallest absolute Gasteiger partial charge is 0.256 e. The van der Waals surface area contributed by atoms with Crippen LogP contribution in [-0.2, 0) is 13.1 Å². The van der Waals surface area contributed by atoms with Gasteiger partial charge in [-0.15, -0.1) is 0 Å². The van der Waals surface area contributed by atoms with Gasteiger partial charge in [-0.25, -0.2) is 15.0 Å². The van der Waals surface area contributed by atoms with E-state index in [1.54, 1.807) is 24.5 Å². The summed E-state index contributed by atoms with van der Waals surface area (Å²) in [4.78, 5) is 14.4. The largest absolute Gasteiger partial charge is 0.447 e. The van der Waals surface area contributed by atoms with Crippen molar-refractivity contribution in [2.45, 2.75) is 13.1 Å². The third-order valence-corrected chi connectivity index (χ3v) is 3.02. The molecule has 0 aliphatic carbocycles. The average Bonchev–Trinajstić information content (AvgIpc) is 2.91. The maximum atomic E-state index is 13.9. The molecule has 2 heterocycles. The molecule has 0 radical (unpaired) electrons. The lowest BCUT2D eigenvalue weighted by Crippen LogP contribution is -2.11. The van der Waals surface area contributed by atoms with Gasteiger partial charge >= 0.3 is 0 Å². The second kappa shape index (κ2) is 6.07. The molecule has 6 nitrogen and oxygen atoms in total. The van der Waals surface area contributed by atoms with E-state index in [0.29, 0.717) is 35.7 Å². The Bertz CT molecular complexity index is 786. The number of hydrogen-bond acceptors (Lipinski definition) is 6. The molecule has 0 bridgehead atoms. The summed E-state index contributed by atoms with van der Waals surface area (Å²) in [5.41, 5.74) is 1.85. The van der Waals surface area contributed by atoms with E-state index in [1.165, 1.54) is 0 Å². The molecule has 3 rings (SSSR count). The van der Waals surface area contributed by atoms with Crippen LogP contribution in [0.3, 0.4) is 0 Å². The van der Waals surface area contributed by atoms with E-state index in [-0.39, 0.29) is 5.82 Å². The minimum atomic E-state index is -0.629. The molecule has 2 aromatic heterocycles. The van der Waals surface area contributed by atoms with Crippen LogP contribution in [0, 0.1) is 5.95 Å². The summed E-state index contributed by atoms with van der Waals surface area (Å²) in [7, 11) is 3.87. The molecule has 0 atom stereocenters. The Morgan fingerprint density at radius 3 is 2.59 bits per heavy atom. The van der Waals surface area contributed by atoms with Crippen LogP contribution < -0.4 is 5.32 Å². The van der Waals surface area contributed by atoms with Crippen molar-refractivity contribution in [3.05, 3.63) is 48.1 Å². The molecule has 1 N–H and O–H groups in total. The Morgan fingerprint density at radius 2 is 1.86 bits per heavy atom. The standard InChI is InChI=1S/C15H16FN5O/c1-21(2)8-13-18-10(9-22-13)7-17-15-14(16)19-11-5-3-4-6-12(11)20-15/h3-6,9H,7-8H2,1-2H3,(H,17,20). The topological polar surface area (TPSA) is 67.1 Å². The van der Waals surface area contributed by atoms with E-state index in [2.05, 4.69) is 20.3 Å². The molecule has 3 aromatic rings. The number of para-hydroxylation sites is 2. The van der Waals surface area contributed by atoms with Crippen molar-refractivity contribution in [1.29, 1.82) is 0 Å². The minimum Gasteiger partial charge on any atom is -0.447 e. The van der Waals surface area contributed by atoms with Gasteiger partial charge in [-0.05, 0) is 26.2 Å². The van der Waals surface area contributed by atoms with Gasteiger partial charge < -0.3 is 14.6 Å². The second-order valence-corrected chi connectivity index (χ2v) is 5.18. The van der Waals surface area contributed by atoms with Crippen LogP contribution in [0.1, 0.15) is 11.6 Å². The van der Waals surface area contributed by atoms with Crippen molar-refractivity contribution < 1.29 is 8.81 Å². The van der Waals surface area contributed by atoms with Gasteiger partial charge in [0.05, 0.1) is 29.8 Å². The third kappa shape index (κ3) is 3.20. The highest BCUT2D eigenvalue weighted by atomic mass is 19.1. The minimum absolute atomic E-state index is 0.107. The Balaban J connectivity index is 1.73. The molecule has 0 amide bonds. The van der Waals surface area contributed by atoms with Gasteiger partial charge in [0.2, 0.25) is 5.89 Å². The summed E-state index contributed by atoms with van der Waals surface area (Å²) < 4.78 is 19.3. The molecule has 0 spiro atoms. The summed E-state index contributed by atoms with van der Waals surface area (Å²) in [6, 6.07) is 7.15. The second-order valence-electron chi connectivity index (χ2n) is 5.18. The van der Waals surface area contributed by atoms with Crippen molar-refractivity contribution in [1.82, 2.24) is 19.9 Å². The van der Waals surface area contributed by atoms with Gasteiger partial charge in [0, 0.05) is 0 Å². The average molecular weight is 301 g/mol. The van der Waals surface area contributed by atoms with Gasteiger partial charge in [0.15, 0.2) is 5.82 Å². The lowest BCUT2D eigenvalue weighted by molar-refractivity contribution is 0.341. The van der Waals surface area contributed by atoms with Crippen molar-refractivity contribution in [2.24, 2.45) is 0 Å². The van der Waals surface area contributed by atoms with Gasteiger partial charge in [0.1, 0.15) is 6.26 Å². The Kier molecular flexibility index (Phi) is 3.97. The highest BCUT2D eigenvalue weighted by molar-refractivity contribution is 5.75. The van der Waals surface area contributed by atoms with E-state index < -0.39 is 5.95 Å². The van der Waals surface area contributed by atoms with Gasteiger partial charge in [0.25, 0.3) is 5.95 Å². The van der Waals surface area contributed by atoms with Crippen molar-refractivity contribution in [3.63, 3.8) is 0 Å². The molecular formula is C15H16FN5O. The summed E-state index contributed by atoms with van der Waals surface area (Å²) in [6.07, 6.45) is 1.55. The summed E-state index contributed by atoms with van der Waals surface area (Å²) in [6.45, 7) is 0.936. The third-order valence-electron chi connectivity index (χ3n) is 3.02. The molecule has 1 aromatic carbocycles. The Hall–Kier alpha value is -2.54. The number of benzene rings is 1. The number of halogens is 1. The number of fused-ring (bicyclic) bond motifs is 1. The number of oxazole rings is 1. The number of rotatable bonds is 5. The van der Waals surface area contributed by atoms with Crippen molar-refractivity contribution in [2.75, 3.05) is 19.4 Å². The molecule has 0 unspecified atom stereocenters. The SMILES string of the molecule is CN(C)Cc1nc(CNc2nc3ccccc3nc2F)co1. The predicted octanol–water partition coefficient (Wildman–Crippen LogP) is 2.43. The van der Waals surface area contributed by atoms with Gasteiger partial charge in [-0.1, -0.05) is 12.1 Å². The number of nitrogens with zero attached hydrogens (tertiary/aromatic N) is 4. The molecule has 0 aliphatic heterocycles. The van der Waals surface area contributed by atoms with E-state index in [1.807, 2.05) is 25.1 Å². The molecule has 7 heteroatoms. The first kappa shape index (κ1) is 14.4. The highest BCUT2D eigenvalue weighted by Gasteiger charge is 2.10. The van der Waals surface area contributed by atoms with Crippen LogP contribution in [0.15, 0.2) is 34.9 Å². The quantitative estimate of drug-likeness (QED) is 0.780. The molecule has 0 saturated carbocycles. The number of nitrogens with one attached hydrogen (secondary N) is 1. The number of anilines is 1. The molecular weight excluding hydrogens is 285 g/mol. The Morgan fingerprint density at radius 1 is 1.14 bits per heavy atom.